The predicted octanol–water partition coefficient (Wildman–Crippen LogP) is 3.85. The third kappa shape index (κ3) is 3.78. The van der Waals surface area contributed by atoms with Crippen molar-refractivity contribution in [3.8, 4) is 11.8 Å². The van der Waals surface area contributed by atoms with Crippen LogP contribution >= 0.6 is 11.6 Å². The Morgan fingerprint density at radius 2 is 1.91 bits per heavy atom. The molecule has 0 atom stereocenters. The quantitative estimate of drug-likeness (QED) is 0.932. The summed E-state index contributed by atoms with van der Waals surface area (Å²) < 4.78 is 5.48. The summed E-state index contributed by atoms with van der Waals surface area (Å²) in [6.45, 7) is 3.62. The molecule has 0 saturated heterocycles. The maximum Gasteiger partial charge on any atom is 0.262 e. The van der Waals surface area contributed by atoms with Gasteiger partial charge in [-0.05, 0) is 49.2 Å². The van der Waals surface area contributed by atoms with E-state index in [1.54, 1.807) is 36.4 Å². The summed E-state index contributed by atoms with van der Waals surface area (Å²) in [7, 11) is 0. The first-order valence-electron chi connectivity index (χ1n) is 6.70. The minimum Gasteiger partial charge on any atom is -0.484 e. The van der Waals surface area contributed by atoms with Crippen LogP contribution in [-0.2, 0) is 4.79 Å². The van der Waals surface area contributed by atoms with Crippen LogP contribution < -0.4 is 10.1 Å². The highest BCUT2D eigenvalue weighted by atomic mass is 35.5. The first-order chi connectivity index (χ1) is 10.5. The number of aryl methyl sites for hydroxylation is 2. The second-order valence-electron chi connectivity index (χ2n) is 4.87. The monoisotopic (exact) mass is 314 g/mol. The molecule has 0 fully saturated rings. The summed E-state index contributed by atoms with van der Waals surface area (Å²) in [4.78, 5) is 11.9. The number of nitrogens with zero attached hydrogens (tertiary/aromatic N) is 1. The molecule has 2 aromatic carbocycles. The topological polar surface area (TPSA) is 62.1 Å². The Morgan fingerprint density at radius 3 is 2.55 bits per heavy atom. The number of benzene rings is 2. The molecule has 0 heterocycles. The number of carbonyl (C=O) groups excluding carboxylic acids is 1. The molecule has 0 aliphatic heterocycles. The minimum atomic E-state index is -0.326. The largest absolute Gasteiger partial charge is 0.484 e. The zero-order chi connectivity index (χ0) is 16.1. The molecule has 0 aliphatic rings. The molecule has 2 rings (SSSR count). The van der Waals surface area contributed by atoms with Gasteiger partial charge in [0.15, 0.2) is 6.61 Å². The average Bonchev–Trinajstić information content (AvgIpc) is 2.51. The first-order valence-corrected chi connectivity index (χ1v) is 7.07. The highest BCUT2D eigenvalue weighted by molar-refractivity contribution is 6.32. The Bertz CT molecular complexity index is 728. The second-order valence-corrected chi connectivity index (χ2v) is 5.24. The summed E-state index contributed by atoms with van der Waals surface area (Å²) in [5.41, 5.74) is 2.68. The van der Waals surface area contributed by atoms with Crippen LogP contribution in [0.15, 0.2) is 36.4 Å². The van der Waals surface area contributed by atoms with E-state index >= 15 is 0 Å². The van der Waals surface area contributed by atoms with E-state index in [0.717, 1.165) is 11.1 Å². The molecule has 0 spiro atoms. The molecule has 2 aromatic rings. The molecule has 1 N–H and O–H groups in total. The molecule has 1 amide bonds. The number of para-hydroxylation sites is 1. The highest BCUT2D eigenvalue weighted by Crippen LogP contribution is 2.25. The minimum absolute atomic E-state index is 0.139. The maximum atomic E-state index is 11.9. The molecular formula is C17H15ClN2O2. The fourth-order valence-electron chi connectivity index (χ4n) is 2.01. The van der Waals surface area contributed by atoms with Crippen molar-refractivity contribution in [2.75, 3.05) is 11.9 Å². The fourth-order valence-corrected chi connectivity index (χ4v) is 2.12. The Kier molecular flexibility index (Phi) is 5.03. The van der Waals surface area contributed by atoms with Crippen LogP contribution in [0.1, 0.15) is 16.7 Å². The van der Waals surface area contributed by atoms with E-state index in [2.05, 4.69) is 5.32 Å². The van der Waals surface area contributed by atoms with Gasteiger partial charge in [-0.25, -0.2) is 0 Å². The van der Waals surface area contributed by atoms with Gasteiger partial charge in [-0.3, -0.25) is 4.79 Å². The Labute approximate surface area is 134 Å². The van der Waals surface area contributed by atoms with E-state index in [9.17, 15) is 4.79 Å². The lowest BCUT2D eigenvalue weighted by atomic mass is 10.1. The van der Waals surface area contributed by atoms with Crippen molar-refractivity contribution in [2.45, 2.75) is 13.8 Å². The third-order valence-electron chi connectivity index (χ3n) is 3.10. The van der Waals surface area contributed by atoms with Crippen LogP contribution in [0.25, 0.3) is 0 Å². The van der Waals surface area contributed by atoms with Crippen molar-refractivity contribution >= 4 is 23.2 Å². The molecule has 0 unspecified atom stereocenters. The molecule has 0 bridgehead atoms. The Morgan fingerprint density at radius 1 is 1.27 bits per heavy atom. The van der Waals surface area contributed by atoms with Crippen LogP contribution in [0.2, 0.25) is 5.02 Å². The van der Waals surface area contributed by atoms with Crippen molar-refractivity contribution in [3.05, 3.63) is 58.1 Å². The normalized spacial score (nSPS) is 9.91. The Hall–Kier alpha value is -2.51. The number of nitriles is 1. The fraction of sp³-hybridized carbons (Fsp3) is 0.176. The maximum absolute atomic E-state index is 11.9. The van der Waals surface area contributed by atoms with Crippen molar-refractivity contribution in [3.63, 3.8) is 0 Å². The zero-order valence-electron chi connectivity index (χ0n) is 12.3. The molecule has 0 aliphatic carbocycles. The van der Waals surface area contributed by atoms with Gasteiger partial charge in [-0.1, -0.05) is 23.7 Å². The van der Waals surface area contributed by atoms with Gasteiger partial charge in [0.2, 0.25) is 0 Å². The van der Waals surface area contributed by atoms with Crippen LogP contribution in [0.4, 0.5) is 5.69 Å². The van der Waals surface area contributed by atoms with E-state index in [0.29, 0.717) is 22.0 Å². The lowest BCUT2D eigenvalue weighted by molar-refractivity contribution is -0.118. The SMILES string of the molecule is Cc1cc(OCC(=O)Nc2ccccc2C#N)cc(C)c1Cl. The number of amides is 1. The average molecular weight is 315 g/mol. The van der Waals surface area contributed by atoms with Crippen LogP contribution in [0.5, 0.6) is 5.75 Å². The van der Waals surface area contributed by atoms with Gasteiger partial charge in [0, 0.05) is 5.02 Å². The summed E-state index contributed by atoms with van der Waals surface area (Å²) in [6.07, 6.45) is 0. The van der Waals surface area contributed by atoms with Gasteiger partial charge in [-0.15, -0.1) is 0 Å². The van der Waals surface area contributed by atoms with Gasteiger partial charge in [-0.2, -0.15) is 5.26 Å². The molecule has 112 valence electrons. The van der Waals surface area contributed by atoms with E-state index < -0.39 is 0 Å². The molecule has 0 aromatic heterocycles. The van der Waals surface area contributed by atoms with E-state index in [1.165, 1.54) is 0 Å². The summed E-state index contributed by atoms with van der Waals surface area (Å²) in [5, 5.41) is 12.3. The molecule has 0 radical (unpaired) electrons. The van der Waals surface area contributed by atoms with Crippen LogP contribution in [0.3, 0.4) is 0 Å². The Balaban J connectivity index is 2.00. The number of carbonyl (C=O) groups is 1. The van der Waals surface area contributed by atoms with Crippen molar-refractivity contribution in [2.24, 2.45) is 0 Å². The van der Waals surface area contributed by atoms with Gasteiger partial charge in [0.25, 0.3) is 5.91 Å². The predicted molar refractivity (Wildman–Crippen MR) is 86.2 cm³/mol. The number of hydrogen-bond donors (Lipinski definition) is 1. The summed E-state index contributed by atoms with van der Waals surface area (Å²) in [6, 6.07) is 12.4. The second kappa shape index (κ2) is 6.97. The molecule has 4 nitrogen and oxygen atoms in total. The number of halogens is 1. The number of ether oxygens (including phenoxy) is 1. The molecule has 22 heavy (non-hydrogen) atoms. The molecule has 5 heteroatoms. The standard InChI is InChI=1S/C17H15ClN2O2/c1-11-7-14(8-12(2)17(11)18)22-10-16(21)20-15-6-4-3-5-13(15)9-19/h3-8H,10H2,1-2H3,(H,20,21). The number of nitrogens with one attached hydrogen (secondary N) is 1. The van der Waals surface area contributed by atoms with Crippen LogP contribution in [-0.4, -0.2) is 12.5 Å². The summed E-state index contributed by atoms with van der Waals surface area (Å²) >= 11 is 6.09. The van der Waals surface area contributed by atoms with E-state index in [-0.39, 0.29) is 12.5 Å². The number of hydrogen-bond acceptors (Lipinski definition) is 3. The lowest BCUT2D eigenvalue weighted by Gasteiger charge is -2.11. The van der Waals surface area contributed by atoms with Crippen LogP contribution in [0, 0.1) is 25.2 Å². The molecule has 0 saturated carbocycles. The first kappa shape index (κ1) is 15.9. The number of rotatable bonds is 4. The summed E-state index contributed by atoms with van der Waals surface area (Å²) in [5.74, 6) is 0.260. The van der Waals surface area contributed by atoms with Gasteiger partial charge < -0.3 is 10.1 Å². The van der Waals surface area contributed by atoms with Crippen molar-refractivity contribution in [1.82, 2.24) is 0 Å². The highest BCUT2D eigenvalue weighted by Gasteiger charge is 2.08. The van der Waals surface area contributed by atoms with Gasteiger partial charge in [0.1, 0.15) is 11.8 Å². The van der Waals surface area contributed by atoms with Crippen molar-refractivity contribution in [1.29, 1.82) is 5.26 Å². The van der Waals surface area contributed by atoms with Gasteiger partial charge >= 0.3 is 0 Å². The lowest BCUT2D eigenvalue weighted by Crippen LogP contribution is -2.20. The zero-order valence-corrected chi connectivity index (χ0v) is 13.1. The van der Waals surface area contributed by atoms with Gasteiger partial charge in [0.05, 0.1) is 11.3 Å². The third-order valence-corrected chi connectivity index (χ3v) is 3.70. The van der Waals surface area contributed by atoms with Crippen molar-refractivity contribution < 1.29 is 9.53 Å². The van der Waals surface area contributed by atoms with E-state index in [4.69, 9.17) is 21.6 Å². The molecular weight excluding hydrogens is 300 g/mol. The smallest absolute Gasteiger partial charge is 0.262 e. The number of anilines is 1. The van der Waals surface area contributed by atoms with E-state index in [1.807, 2.05) is 19.9 Å².